The average molecular weight is 2060 g/mol. The van der Waals surface area contributed by atoms with E-state index in [4.69, 9.17) is 28.8 Å². The standard InChI is InChI=1S/C14H16.C11H16.C10H20O2.C10H20.C10H14.C9H19NO.C9H18O3.2C8H18O.4C7H16.C6H12O2.2C6H14/c1-11(2)9-12-7-8-13-5-3-4-6-14(13)10-12;1-10(2)8-9-11-6-4-3-5-7-11;1-8(2)6-7-9(11)12-10(3,4)5;2*1-9(2)8-10-6-4-3-5-7-10;1-8(2)6-4-5-7-10-9(3)11;1-7(2)6-11-8(10)12-9(3,4)5;2*1-7(2)6-9-8(3,4)5;1-6(2)7(3,4)5;1-6(2)5-7(3)4;1-5-7(4)6(2)3;1-4-5-6-7(2)3;1-5(2)3-4-6(7)8;1-5(2)6(3)4;1-4-5-6(2)3/h3-8,10-11H,9H2,1-2H3;3-7,10H,8-9H2,1-2H3;8H,6-7H2,1-5H3;9-10H,3-8H2,1-2H3;3-7,9H,8H2,1-2H3;8H,4-7H2,1-3H3,(H,10,11);7H,6H2,1-5H3;2*7H,6H2,1-5H3;6H,1-5H3;2*6-7H,5H2,1-4H3;7H,4-6H2,1-3H3;5H,3-4H2,1-2H3,(H,7,8);5-6H,1-4H3;6H,4-5H2,1-3H3. The number of hydrogen-bond donors (Lipinski definition) is 2. The lowest BCUT2D eigenvalue weighted by molar-refractivity contribution is -0.155. The molecule has 0 heterocycles. The summed E-state index contributed by atoms with van der Waals surface area (Å²) >= 11 is 0. The third-order valence-corrected chi connectivity index (χ3v) is 22.6. The first-order valence-electron chi connectivity index (χ1n) is 59.1. The van der Waals surface area contributed by atoms with Gasteiger partial charge < -0.3 is 34.1 Å². The van der Waals surface area contributed by atoms with Gasteiger partial charge in [0.1, 0.15) is 11.2 Å². The highest BCUT2D eigenvalue weighted by molar-refractivity contribution is 5.83. The Morgan fingerprint density at radius 3 is 1.01 bits per heavy atom. The number of aryl methyl sites for hydroxylation is 1. The van der Waals surface area contributed by atoms with Crippen molar-refractivity contribution in [2.75, 3.05) is 26.4 Å². The Morgan fingerprint density at radius 1 is 0.356 bits per heavy atom. The number of rotatable bonds is 36. The quantitative estimate of drug-likeness (QED) is 0.0333. The van der Waals surface area contributed by atoms with Gasteiger partial charge in [-0.2, -0.15) is 0 Å². The number of carboxylic acid groups (broad SMARTS) is 1. The first-order chi connectivity index (χ1) is 66.8. The fourth-order valence-corrected chi connectivity index (χ4v) is 12.2. The number of nitrogens with one attached hydrogen (secondary N) is 1. The largest absolute Gasteiger partial charge is 0.508 e. The van der Waals surface area contributed by atoms with Crippen LogP contribution < -0.4 is 5.32 Å². The summed E-state index contributed by atoms with van der Waals surface area (Å²) in [4.78, 5) is 42.4. The van der Waals surface area contributed by atoms with Gasteiger partial charge in [0.05, 0.1) is 17.8 Å². The molecule has 1 unspecified atom stereocenters. The van der Waals surface area contributed by atoms with Crippen LogP contribution in [0.3, 0.4) is 0 Å². The molecular weight excluding hydrogens is 1800 g/mol. The molecule has 1 atom stereocenters. The van der Waals surface area contributed by atoms with Crippen LogP contribution in [0.5, 0.6) is 0 Å². The summed E-state index contributed by atoms with van der Waals surface area (Å²) in [5, 5.41) is 13.6. The molecule has 5 rings (SSSR count). The molecule has 1 saturated carbocycles. The van der Waals surface area contributed by atoms with Gasteiger partial charge in [0, 0.05) is 39.5 Å². The molecule has 0 saturated heterocycles. The van der Waals surface area contributed by atoms with Crippen LogP contribution in [0.2, 0.25) is 0 Å². The summed E-state index contributed by atoms with van der Waals surface area (Å²) in [6.45, 7) is 123. The highest BCUT2D eigenvalue weighted by atomic mass is 16.7. The lowest BCUT2D eigenvalue weighted by Gasteiger charge is -2.22. The van der Waals surface area contributed by atoms with Crippen LogP contribution in [0.4, 0.5) is 4.79 Å². The van der Waals surface area contributed by atoms with Crippen molar-refractivity contribution in [3.8, 4) is 0 Å². The van der Waals surface area contributed by atoms with Gasteiger partial charge in [-0.05, 0) is 292 Å². The summed E-state index contributed by atoms with van der Waals surface area (Å²) < 4.78 is 25.9. The lowest BCUT2D eigenvalue weighted by Crippen LogP contribution is -2.25. The second kappa shape index (κ2) is 102. The van der Waals surface area contributed by atoms with Crippen LogP contribution in [-0.4, -0.2) is 77.9 Å². The van der Waals surface area contributed by atoms with Crippen LogP contribution in [0, 0.1) is 124 Å². The molecule has 1 fully saturated rings. The van der Waals surface area contributed by atoms with E-state index >= 15 is 0 Å². The number of esters is 1. The van der Waals surface area contributed by atoms with Gasteiger partial charge >= 0.3 is 18.1 Å². The molecule has 146 heavy (non-hydrogen) atoms. The predicted molar refractivity (Wildman–Crippen MR) is 657 cm³/mol. The molecule has 1 aliphatic rings. The molecule has 0 radical (unpaired) electrons. The third-order valence-electron chi connectivity index (χ3n) is 22.6. The molecule has 0 spiro atoms. The molecular formula is C135H263NO10. The maximum atomic E-state index is 11.1. The molecule has 4 aromatic rings. The molecule has 4 aromatic carbocycles. The number of ether oxygens (including phenoxy) is 5. The summed E-state index contributed by atoms with van der Waals surface area (Å²) in [5.41, 5.74) is 4.11. The summed E-state index contributed by atoms with van der Waals surface area (Å²) in [7, 11) is 0. The van der Waals surface area contributed by atoms with E-state index in [1.165, 1.54) is 149 Å². The van der Waals surface area contributed by atoms with Crippen LogP contribution in [-0.2, 0) is 57.3 Å². The van der Waals surface area contributed by atoms with Crippen LogP contribution in [0.25, 0.3) is 10.8 Å². The zero-order valence-electron chi connectivity index (χ0n) is 109. The fourth-order valence-electron chi connectivity index (χ4n) is 12.2. The topological polar surface area (TPSA) is 147 Å². The summed E-state index contributed by atoms with van der Waals surface area (Å²) in [6, 6.07) is 36.6. The van der Waals surface area contributed by atoms with Crippen molar-refractivity contribution in [3.63, 3.8) is 0 Å². The molecule has 1 aliphatic carbocycles. The number of carbonyl (C=O) groups is 4. The van der Waals surface area contributed by atoms with Gasteiger partial charge in [0.2, 0.25) is 5.91 Å². The van der Waals surface area contributed by atoms with E-state index in [0.29, 0.717) is 54.5 Å². The van der Waals surface area contributed by atoms with Gasteiger partial charge in [-0.3, -0.25) is 14.4 Å². The summed E-state index contributed by atoms with van der Waals surface area (Å²) in [6.07, 6.45) is 28.9. The molecule has 0 bridgehead atoms. The van der Waals surface area contributed by atoms with Gasteiger partial charge in [-0.15, -0.1) is 0 Å². The van der Waals surface area contributed by atoms with E-state index in [2.05, 4.69) is 420 Å². The Labute approximate surface area is 916 Å². The molecule has 2 N–H and O–H groups in total. The van der Waals surface area contributed by atoms with E-state index in [0.717, 1.165) is 128 Å². The number of carboxylic acids is 1. The van der Waals surface area contributed by atoms with Crippen molar-refractivity contribution >= 4 is 34.8 Å². The second-order valence-electron chi connectivity index (χ2n) is 53.3. The van der Waals surface area contributed by atoms with E-state index in [9.17, 15) is 19.2 Å². The Bertz CT molecular complexity index is 3300. The number of amides is 1. The van der Waals surface area contributed by atoms with Crippen LogP contribution >= 0.6 is 0 Å². The van der Waals surface area contributed by atoms with E-state index in [-0.39, 0.29) is 28.7 Å². The predicted octanol–water partition coefficient (Wildman–Crippen LogP) is 43.2. The van der Waals surface area contributed by atoms with Crippen molar-refractivity contribution in [1.82, 2.24) is 5.32 Å². The van der Waals surface area contributed by atoms with Crippen LogP contribution in [0.15, 0.2) is 103 Å². The minimum absolute atomic E-state index is 0.0320. The maximum Gasteiger partial charge on any atom is 0.508 e. The highest BCUT2D eigenvalue weighted by Gasteiger charge is 2.20. The number of unbranched alkanes of at least 4 members (excludes halogenated alkanes) is 2. The average Bonchev–Trinajstić information content (AvgIpc) is 0.841. The minimum Gasteiger partial charge on any atom is -0.481 e. The number of hydrogen-bond acceptors (Lipinski definition) is 9. The Kier molecular flexibility index (Phi) is 114. The van der Waals surface area contributed by atoms with Crippen molar-refractivity contribution < 1.29 is 48.0 Å². The smallest absolute Gasteiger partial charge is 0.481 e. The maximum absolute atomic E-state index is 11.1. The zero-order valence-corrected chi connectivity index (χ0v) is 109. The first-order valence-corrected chi connectivity index (χ1v) is 59.1. The first kappa shape index (κ1) is 163. The molecule has 11 nitrogen and oxygen atoms in total. The van der Waals surface area contributed by atoms with Gasteiger partial charge in [0.25, 0.3) is 0 Å². The molecule has 0 aliphatic heterocycles. The highest BCUT2D eigenvalue weighted by Crippen LogP contribution is 2.29. The van der Waals surface area contributed by atoms with E-state index < -0.39 is 17.7 Å². The van der Waals surface area contributed by atoms with Gasteiger partial charge in [0.15, 0.2) is 0 Å². The van der Waals surface area contributed by atoms with Crippen LogP contribution in [0.1, 0.15) is 539 Å². The number of carbonyl (C=O) groups excluding carboxylic acids is 3. The van der Waals surface area contributed by atoms with E-state index in [1.54, 1.807) is 6.92 Å². The van der Waals surface area contributed by atoms with Gasteiger partial charge in [-0.1, -0.05) is 484 Å². The van der Waals surface area contributed by atoms with E-state index in [1.807, 2.05) is 69.2 Å². The van der Waals surface area contributed by atoms with Crippen molar-refractivity contribution in [2.24, 2.45) is 124 Å². The van der Waals surface area contributed by atoms with Gasteiger partial charge in [-0.25, -0.2) is 4.79 Å². The Morgan fingerprint density at radius 2 is 0.733 bits per heavy atom. The normalized spacial score (nSPS) is 12.1. The summed E-state index contributed by atoms with van der Waals surface area (Å²) in [5.74, 6) is 14.9. The van der Waals surface area contributed by atoms with Crippen molar-refractivity contribution in [1.29, 1.82) is 0 Å². The molecule has 0 aromatic heterocycles. The SMILES string of the molecule is CC(=O)NCCCCC(C)C.CC(C)C(C)(C)C.CC(C)C(C)C.CC(C)CC(C)C.CC(C)CC1CCCCC1.CC(C)CCC(=O)O.CC(C)CCC(=O)OC(C)(C)C.CC(C)CCc1ccccc1.CC(C)COC(=O)OC(C)(C)C.CC(C)COC(C)(C)C.CC(C)COC(C)(C)C.CC(C)Cc1ccc2ccccc2c1.CC(C)Cc1ccccc1.CCC(C)C(C)C.CCCC(C)C.CCCCC(C)C. The zero-order chi connectivity index (χ0) is 116. The van der Waals surface area contributed by atoms with Crippen molar-refractivity contribution in [2.45, 2.75) is 564 Å². The lowest BCUT2D eigenvalue weighted by atomic mass is 9.84. The fraction of sp³-hybridized carbons (Fsp3) is 0.807. The number of aliphatic carboxylic acids is 1. The monoisotopic (exact) mass is 2060 g/mol. The Balaban J connectivity index is -0.000000149. The third kappa shape index (κ3) is 161. The molecule has 1 amide bonds. The number of benzene rings is 4. The second-order valence-corrected chi connectivity index (χ2v) is 53.3. The molecule has 11 heteroatoms. The minimum atomic E-state index is -0.696. The van der Waals surface area contributed by atoms with Crippen molar-refractivity contribution in [3.05, 3.63) is 120 Å². The number of fused-ring (bicyclic) bond motifs is 1. The Hall–Kier alpha value is -5.26. The molecule has 868 valence electrons.